The lowest BCUT2D eigenvalue weighted by atomic mass is 10.2. The second kappa shape index (κ2) is 6.21. The standard InChI is InChI=1S/C11H13ClN2O2.ClH/c12-8-3-1-2-4-9(8)14-11(16)10-5-7(15)6-13-10;/h1-4,7,10,13,15H,5-6H2,(H,14,16);1H. The van der Waals surface area contributed by atoms with Crippen molar-refractivity contribution >= 4 is 35.6 Å². The molecule has 2 unspecified atom stereocenters. The molecule has 0 radical (unpaired) electrons. The number of amides is 1. The van der Waals surface area contributed by atoms with Crippen LogP contribution in [-0.2, 0) is 4.79 Å². The lowest BCUT2D eigenvalue weighted by molar-refractivity contribution is -0.117. The van der Waals surface area contributed by atoms with Crippen LogP contribution in [-0.4, -0.2) is 29.7 Å². The van der Waals surface area contributed by atoms with Crippen LogP contribution in [0.2, 0.25) is 5.02 Å². The van der Waals surface area contributed by atoms with Gasteiger partial charge < -0.3 is 15.7 Å². The fourth-order valence-electron chi connectivity index (χ4n) is 1.70. The first-order valence-electron chi connectivity index (χ1n) is 5.13. The van der Waals surface area contributed by atoms with Crippen molar-refractivity contribution in [1.29, 1.82) is 0 Å². The summed E-state index contributed by atoms with van der Waals surface area (Å²) in [5.41, 5.74) is 0.595. The van der Waals surface area contributed by atoms with Crippen LogP contribution in [0.4, 0.5) is 5.69 Å². The van der Waals surface area contributed by atoms with Crippen molar-refractivity contribution < 1.29 is 9.90 Å². The zero-order chi connectivity index (χ0) is 11.5. The molecule has 1 saturated heterocycles. The highest BCUT2D eigenvalue weighted by molar-refractivity contribution is 6.33. The molecule has 1 heterocycles. The van der Waals surface area contributed by atoms with Crippen molar-refractivity contribution in [2.24, 2.45) is 0 Å². The zero-order valence-corrected chi connectivity index (χ0v) is 10.6. The summed E-state index contributed by atoms with van der Waals surface area (Å²) in [7, 11) is 0. The first-order chi connectivity index (χ1) is 7.66. The molecule has 1 aromatic carbocycles. The van der Waals surface area contributed by atoms with E-state index in [9.17, 15) is 9.90 Å². The normalized spacial score (nSPS) is 22.9. The van der Waals surface area contributed by atoms with E-state index in [4.69, 9.17) is 11.6 Å². The number of benzene rings is 1. The molecule has 2 atom stereocenters. The minimum Gasteiger partial charge on any atom is -0.392 e. The molecule has 1 aromatic rings. The number of hydrogen-bond donors (Lipinski definition) is 3. The third kappa shape index (κ3) is 3.57. The van der Waals surface area contributed by atoms with Crippen LogP contribution in [0.3, 0.4) is 0 Å². The van der Waals surface area contributed by atoms with E-state index in [1.54, 1.807) is 24.3 Å². The van der Waals surface area contributed by atoms with Gasteiger partial charge in [-0.2, -0.15) is 0 Å². The van der Waals surface area contributed by atoms with E-state index >= 15 is 0 Å². The molecule has 4 nitrogen and oxygen atoms in total. The van der Waals surface area contributed by atoms with Crippen LogP contribution in [0.5, 0.6) is 0 Å². The highest BCUT2D eigenvalue weighted by atomic mass is 35.5. The van der Waals surface area contributed by atoms with Gasteiger partial charge in [-0.15, -0.1) is 12.4 Å². The molecule has 0 aliphatic carbocycles. The summed E-state index contributed by atoms with van der Waals surface area (Å²) in [5.74, 6) is -0.162. The van der Waals surface area contributed by atoms with Gasteiger partial charge in [-0.25, -0.2) is 0 Å². The summed E-state index contributed by atoms with van der Waals surface area (Å²) in [4.78, 5) is 11.8. The van der Waals surface area contributed by atoms with Gasteiger partial charge in [0, 0.05) is 6.54 Å². The number of aliphatic hydroxyl groups excluding tert-OH is 1. The molecular formula is C11H14Cl2N2O2. The van der Waals surface area contributed by atoms with Crippen LogP contribution in [0.1, 0.15) is 6.42 Å². The average Bonchev–Trinajstić information content (AvgIpc) is 2.68. The van der Waals surface area contributed by atoms with Gasteiger partial charge in [0.25, 0.3) is 0 Å². The fraction of sp³-hybridized carbons (Fsp3) is 0.364. The van der Waals surface area contributed by atoms with Gasteiger partial charge >= 0.3 is 0 Å². The van der Waals surface area contributed by atoms with E-state index in [1.165, 1.54) is 0 Å². The lowest BCUT2D eigenvalue weighted by Gasteiger charge is -2.11. The Bertz CT molecular complexity index is 401. The zero-order valence-electron chi connectivity index (χ0n) is 9.02. The first-order valence-corrected chi connectivity index (χ1v) is 5.51. The van der Waals surface area contributed by atoms with Crippen LogP contribution in [0.25, 0.3) is 0 Å². The Morgan fingerprint density at radius 3 is 2.76 bits per heavy atom. The quantitative estimate of drug-likeness (QED) is 0.766. The van der Waals surface area contributed by atoms with Gasteiger partial charge in [0.1, 0.15) is 0 Å². The highest BCUT2D eigenvalue weighted by Crippen LogP contribution is 2.21. The van der Waals surface area contributed by atoms with E-state index in [1.807, 2.05) is 0 Å². The van der Waals surface area contributed by atoms with Crippen molar-refractivity contribution in [3.63, 3.8) is 0 Å². The van der Waals surface area contributed by atoms with E-state index in [2.05, 4.69) is 10.6 Å². The smallest absolute Gasteiger partial charge is 0.241 e. The van der Waals surface area contributed by atoms with Crippen molar-refractivity contribution in [3.8, 4) is 0 Å². The Hall–Kier alpha value is -0.810. The summed E-state index contributed by atoms with van der Waals surface area (Å²) in [6, 6.07) is 6.72. The van der Waals surface area contributed by atoms with E-state index in [-0.39, 0.29) is 24.4 Å². The molecule has 1 aliphatic rings. The molecule has 17 heavy (non-hydrogen) atoms. The highest BCUT2D eigenvalue weighted by Gasteiger charge is 2.28. The number of carbonyl (C=O) groups is 1. The van der Waals surface area contributed by atoms with E-state index in [0.717, 1.165) is 0 Å². The molecule has 1 fully saturated rings. The van der Waals surface area contributed by atoms with Crippen molar-refractivity contribution in [1.82, 2.24) is 5.32 Å². The summed E-state index contributed by atoms with van der Waals surface area (Å²) >= 11 is 5.92. The van der Waals surface area contributed by atoms with Crippen molar-refractivity contribution in [3.05, 3.63) is 29.3 Å². The SMILES string of the molecule is Cl.O=C(Nc1ccccc1Cl)C1CC(O)CN1. The Balaban J connectivity index is 0.00000144. The molecule has 0 saturated carbocycles. The molecule has 6 heteroatoms. The number of hydrogen-bond acceptors (Lipinski definition) is 3. The minimum atomic E-state index is -0.443. The van der Waals surface area contributed by atoms with Crippen LogP contribution in [0, 0.1) is 0 Å². The predicted octanol–water partition coefficient (Wildman–Crippen LogP) is 1.42. The Kier molecular flexibility index (Phi) is 5.21. The summed E-state index contributed by atoms with van der Waals surface area (Å²) in [6.45, 7) is 0.459. The number of nitrogens with one attached hydrogen (secondary N) is 2. The molecule has 2 rings (SSSR count). The molecule has 0 aromatic heterocycles. The number of para-hydroxylation sites is 1. The Morgan fingerprint density at radius 2 is 2.18 bits per heavy atom. The predicted molar refractivity (Wildman–Crippen MR) is 69.7 cm³/mol. The minimum absolute atomic E-state index is 0. The number of aliphatic hydroxyl groups is 1. The summed E-state index contributed by atoms with van der Waals surface area (Å²) in [5, 5.41) is 15.5. The topological polar surface area (TPSA) is 61.4 Å². The van der Waals surface area contributed by atoms with Crippen LogP contribution < -0.4 is 10.6 Å². The second-order valence-corrected chi connectivity index (χ2v) is 4.23. The number of β-amino-alcohol motifs (C(OH)–C–C–N with tert-alkyl or cyclic N) is 1. The maximum absolute atomic E-state index is 11.8. The molecule has 1 aliphatic heterocycles. The van der Waals surface area contributed by atoms with Gasteiger partial charge in [0.15, 0.2) is 0 Å². The molecule has 0 bridgehead atoms. The molecule has 1 amide bonds. The van der Waals surface area contributed by atoms with Gasteiger partial charge in [0.2, 0.25) is 5.91 Å². The lowest BCUT2D eigenvalue weighted by Crippen LogP contribution is -2.35. The number of carbonyl (C=O) groups excluding carboxylic acids is 1. The van der Waals surface area contributed by atoms with Crippen molar-refractivity contribution in [2.45, 2.75) is 18.6 Å². The summed E-state index contributed by atoms with van der Waals surface area (Å²) in [6.07, 6.45) is -0.00184. The maximum Gasteiger partial charge on any atom is 0.241 e. The Morgan fingerprint density at radius 1 is 1.47 bits per heavy atom. The molecule has 94 valence electrons. The van der Waals surface area contributed by atoms with Crippen LogP contribution >= 0.6 is 24.0 Å². The third-order valence-corrected chi connectivity index (χ3v) is 2.89. The van der Waals surface area contributed by atoms with E-state index < -0.39 is 6.10 Å². The number of halogens is 2. The van der Waals surface area contributed by atoms with Gasteiger partial charge in [0.05, 0.1) is 22.9 Å². The first kappa shape index (κ1) is 14.3. The molecule has 0 spiro atoms. The fourth-order valence-corrected chi connectivity index (χ4v) is 1.88. The Labute approximate surface area is 111 Å². The largest absolute Gasteiger partial charge is 0.392 e. The van der Waals surface area contributed by atoms with Crippen molar-refractivity contribution in [2.75, 3.05) is 11.9 Å². The van der Waals surface area contributed by atoms with Gasteiger partial charge in [-0.3, -0.25) is 4.79 Å². The van der Waals surface area contributed by atoms with Gasteiger partial charge in [-0.1, -0.05) is 23.7 Å². The molecule has 3 N–H and O–H groups in total. The van der Waals surface area contributed by atoms with Crippen LogP contribution in [0.15, 0.2) is 24.3 Å². The second-order valence-electron chi connectivity index (χ2n) is 3.82. The maximum atomic E-state index is 11.8. The third-order valence-electron chi connectivity index (χ3n) is 2.56. The number of rotatable bonds is 2. The van der Waals surface area contributed by atoms with E-state index in [0.29, 0.717) is 23.7 Å². The number of anilines is 1. The molecular weight excluding hydrogens is 263 g/mol. The monoisotopic (exact) mass is 276 g/mol. The average molecular weight is 277 g/mol. The van der Waals surface area contributed by atoms with Gasteiger partial charge in [-0.05, 0) is 18.6 Å². The summed E-state index contributed by atoms with van der Waals surface area (Å²) < 4.78 is 0.